The third-order valence-electron chi connectivity index (χ3n) is 2.85. The lowest BCUT2D eigenvalue weighted by atomic mass is 10.3. The molecule has 0 bridgehead atoms. The van der Waals surface area contributed by atoms with Crippen molar-refractivity contribution >= 4 is 29.2 Å². The second kappa shape index (κ2) is 5.32. The van der Waals surface area contributed by atoms with E-state index in [0.29, 0.717) is 27.6 Å². The van der Waals surface area contributed by atoms with E-state index in [4.69, 9.17) is 27.6 Å². The van der Waals surface area contributed by atoms with Gasteiger partial charge in [-0.1, -0.05) is 28.3 Å². The summed E-state index contributed by atoms with van der Waals surface area (Å²) in [6.07, 6.45) is 1.53. The van der Waals surface area contributed by atoms with E-state index >= 15 is 0 Å². The molecule has 2 aromatic heterocycles. The van der Waals surface area contributed by atoms with Gasteiger partial charge in [0, 0.05) is 32.4 Å². The Labute approximate surface area is 119 Å². The summed E-state index contributed by atoms with van der Waals surface area (Å²) in [6.45, 7) is 3.49. The highest BCUT2D eigenvalue weighted by Gasteiger charge is 2.18. The Morgan fingerprint density at radius 1 is 1.21 bits per heavy atom. The van der Waals surface area contributed by atoms with Crippen LogP contribution in [-0.2, 0) is 0 Å². The minimum Gasteiger partial charge on any atom is -0.403 e. The first-order valence-corrected chi connectivity index (χ1v) is 6.60. The molecule has 0 aromatic carbocycles. The van der Waals surface area contributed by atoms with Crippen molar-refractivity contribution in [1.29, 1.82) is 0 Å². The van der Waals surface area contributed by atoms with Gasteiger partial charge in [-0.3, -0.25) is 0 Å². The van der Waals surface area contributed by atoms with Crippen LogP contribution >= 0.6 is 23.2 Å². The molecule has 0 amide bonds. The van der Waals surface area contributed by atoms with Crippen molar-refractivity contribution in [2.75, 3.05) is 31.1 Å². The van der Waals surface area contributed by atoms with Crippen molar-refractivity contribution in [3.63, 3.8) is 0 Å². The van der Waals surface area contributed by atoms with Gasteiger partial charge in [0.1, 0.15) is 5.15 Å². The first-order valence-electron chi connectivity index (χ1n) is 5.84. The number of hydrogen-bond acceptors (Lipinski definition) is 6. The van der Waals surface area contributed by atoms with E-state index in [-0.39, 0.29) is 0 Å². The third kappa shape index (κ3) is 2.65. The van der Waals surface area contributed by atoms with Crippen LogP contribution in [0.4, 0.5) is 6.01 Å². The highest BCUT2D eigenvalue weighted by atomic mass is 35.5. The average Bonchev–Trinajstić information content (AvgIpc) is 2.89. The summed E-state index contributed by atoms with van der Waals surface area (Å²) in [6, 6.07) is 2.05. The lowest BCUT2D eigenvalue weighted by Gasteiger charge is -2.24. The smallest absolute Gasteiger partial charge is 0.318 e. The molecule has 1 fully saturated rings. The molecule has 0 unspecified atom stereocenters. The van der Waals surface area contributed by atoms with Crippen molar-refractivity contribution in [1.82, 2.24) is 20.5 Å². The van der Waals surface area contributed by atoms with Gasteiger partial charge in [-0.2, -0.15) is 0 Å². The molecule has 0 spiro atoms. The molecule has 0 saturated carbocycles. The summed E-state index contributed by atoms with van der Waals surface area (Å²) in [5.41, 5.74) is 0.583. The minimum absolute atomic E-state index is 0.329. The van der Waals surface area contributed by atoms with E-state index < -0.39 is 0 Å². The molecule has 8 heteroatoms. The lowest BCUT2D eigenvalue weighted by molar-refractivity contribution is 0.505. The molecule has 0 radical (unpaired) electrons. The Morgan fingerprint density at radius 3 is 2.74 bits per heavy atom. The SMILES string of the molecule is Clc1cc(Cl)c(-c2nnc(N3CCNCC3)o2)cn1. The quantitative estimate of drug-likeness (QED) is 0.854. The number of nitrogens with one attached hydrogen (secondary N) is 1. The zero-order valence-electron chi connectivity index (χ0n) is 9.94. The Hall–Kier alpha value is -1.37. The fourth-order valence-electron chi connectivity index (χ4n) is 1.87. The highest BCUT2D eigenvalue weighted by Crippen LogP contribution is 2.29. The summed E-state index contributed by atoms with van der Waals surface area (Å²) in [5.74, 6) is 0.350. The van der Waals surface area contributed by atoms with Gasteiger partial charge < -0.3 is 14.6 Å². The van der Waals surface area contributed by atoms with Crippen molar-refractivity contribution in [2.45, 2.75) is 0 Å². The van der Waals surface area contributed by atoms with Crippen LogP contribution < -0.4 is 10.2 Å². The number of aromatic nitrogens is 3. The molecule has 1 aliphatic heterocycles. The predicted octanol–water partition coefficient (Wildman–Crippen LogP) is 1.85. The number of halogens is 2. The Bertz CT molecular complexity index is 582. The summed E-state index contributed by atoms with van der Waals surface area (Å²) < 4.78 is 5.64. The largest absolute Gasteiger partial charge is 0.403 e. The number of piperazine rings is 1. The number of nitrogens with zero attached hydrogens (tertiary/aromatic N) is 4. The molecule has 0 aliphatic carbocycles. The molecule has 6 nitrogen and oxygen atoms in total. The molecule has 0 atom stereocenters. The minimum atomic E-state index is 0.329. The Morgan fingerprint density at radius 2 is 2.00 bits per heavy atom. The zero-order valence-corrected chi connectivity index (χ0v) is 11.4. The maximum Gasteiger partial charge on any atom is 0.318 e. The number of rotatable bonds is 2. The molecule has 2 aromatic rings. The molecule has 3 heterocycles. The van der Waals surface area contributed by atoms with E-state index in [1.807, 2.05) is 4.90 Å². The van der Waals surface area contributed by atoms with Gasteiger partial charge in [0.2, 0.25) is 0 Å². The summed E-state index contributed by atoms with van der Waals surface area (Å²) >= 11 is 11.8. The number of pyridine rings is 1. The molecule has 1 aliphatic rings. The normalized spacial score (nSPS) is 15.8. The van der Waals surface area contributed by atoms with Gasteiger partial charge in [0.15, 0.2) is 0 Å². The summed E-state index contributed by atoms with van der Waals surface area (Å²) in [4.78, 5) is 6.00. The van der Waals surface area contributed by atoms with E-state index in [1.54, 1.807) is 6.07 Å². The van der Waals surface area contributed by atoms with Crippen molar-refractivity contribution in [3.8, 4) is 11.5 Å². The van der Waals surface area contributed by atoms with Gasteiger partial charge in [-0.15, -0.1) is 5.10 Å². The Balaban J connectivity index is 1.87. The number of hydrogen-bond donors (Lipinski definition) is 1. The van der Waals surface area contributed by atoms with Crippen LogP contribution in [0, 0.1) is 0 Å². The monoisotopic (exact) mass is 299 g/mol. The van der Waals surface area contributed by atoms with Crippen molar-refractivity contribution in [3.05, 3.63) is 22.4 Å². The van der Waals surface area contributed by atoms with Crippen LogP contribution in [0.15, 0.2) is 16.7 Å². The summed E-state index contributed by atoms with van der Waals surface area (Å²) in [7, 11) is 0. The van der Waals surface area contributed by atoms with Crippen LogP contribution in [0.3, 0.4) is 0 Å². The van der Waals surface area contributed by atoms with Gasteiger partial charge in [-0.25, -0.2) is 4.98 Å². The van der Waals surface area contributed by atoms with Crippen LogP contribution in [0.5, 0.6) is 0 Å². The zero-order chi connectivity index (χ0) is 13.2. The maximum atomic E-state index is 6.08. The fraction of sp³-hybridized carbons (Fsp3) is 0.364. The molecule has 1 saturated heterocycles. The van der Waals surface area contributed by atoms with Gasteiger partial charge >= 0.3 is 6.01 Å². The molecular weight excluding hydrogens is 289 g/mol. The van der Waals surface area contributed by atoms with Crippen molar-refractivity contribution < 1.29 is 4.42 Å². The van der Waals surface area contributed by atoms with E-state index in [0.717, 1.165) is 26.2 Å². The molecular formula is C11H11Cl2N5O. The molecule has 3 rings (SSSR count). The fourth-order valence-corrected chi connectivity index (χ4v) is 2.32. The van der Waals surface area contributed by atoms with Crippen molar-refractivity contribution in [2.24, 2.45) is 0 Å². The highest BCUT2D eigenvalue weighted by molar-refractivity contribution is 6.35. The van der Waals surface area contributed by atoms with Gasteiger partial charge in [0.05, 0.1) is 10.6 Å². The third-order valence-corrected chi connectivity index (χ3v) is 3.37. The lowest BCUT2D eigenvalue weighted by Crippen LogP contribution is -2.43. The number of anilines is 1. The Kier molecular flexibility index (Phi) is 3.54. The van der Waals surface area contributed by atoms with E-state index in [9.17, 15) is 0 Å². The molecule has 19 heavy (non-hydrogen) atoms. The topological polar surface area (TPSA) is 67.1 Å². The van der Waals surface area contributed by atoms with Crippen LogP contribution in [0.1, 0.15) is 0 Å². The standard InChI is InChI=1S/C11H11Cl2N5O/c12-8-5-9(13)15-6-7(8)10-16-17-11(19-10)18-3-1-14-2-4-18/h5-6,14H,1-4H2. The van der Waals surface area contributed by atoms with Crippen LogP contribution in [-0.4, -0.2) is 41.4 Å². The first-order chi connectivity index (χ1) is 9.24. The molecule has 100 valence electrons. The van der Waals surface area contributed by atoms with E-state index in [1.165, 1.54) is 6.20 Å². The van der Waals surface area contributed by atoms with Crippen LogP contribution in [0.25, 0.3) is 11.5 Å². The average molecular weight is 300 g/mol. The molecule has 1 N–H and O–H groups in total. The van der Waals surface area contributed by atoms with Gasteiger partial charge in [-0.05, 0) is 6.07 Å². The first kappa shape index (κ1) is 12.7. The van der Waals surface area contributed by atoms with E-state index in [2.05, 4.69) is 20.5 Å². The summed E-state index contributed by atoms with van der Waals surface area (Å²) in [5, 5.41) is 12.1. The second-order valence-electron chi connectivity index (χ2n) is 4.11. The maximum absolute atomic E-state index is 6.08. The van der Waals surface area contributed by atoms with Gasteiger partial charge in [0.25, 0.3) is 5.89 Å². The van der Waals surface area contributed by atoms with Crippen LogP contribution in [0.2, 0.25) is 10.2 Å². The predicted molar refractivity (Wildman–Crippen MR) is 72.6 cm³/mol. The second-order valence-corrected chi connectivity index (χ2v) is 4.91.